The van der Waals surface area contributed by atoms with Gasteiger partial charge < -0.3 is 9.52 Å². The van der Waals surface area contributed by atoms with Gasteiger partial charge in [0.2, 0.25) is 5.89 Å². The van der Waals surface area contributed by atoms with E-state index in [4.69, 9.17) is 9.52 Å². The Bertz CT molecular complexity index is 548. The summed E-state index contributed by atoms with van der Waals surface area (Å²) in [4.78, 5) is 14.8. The summed E-state index contributed by atoms with van der Waals surface area (Å²) in [5.74, 6) is -0.472. The molecule has 5 heteroatoms. The molecule has 0 atom stereocenters. The van der Waals surface area contributed by atoms with Crippen molar-refractivity contribution in [1.29, 1.82) is 0 Å². The van der Waals surface area contributed by atoms with Gasteiger partial charge in [0.1, 0.15) is 5.76 Å². The molecule has 0 saturated heterocycles. The molecule has 2 rings (SSSR count). The number of carbonyl (C=O) groups is 1. The fourth-order valence-corrected chi connectivity index (χ4v) is 1.80. The minimum Gasteiger partial charge on any atom is -0.476 e. The van der Waals surface area contributed by atoms with Crippen LogP contribution in [-0.2, 0) is 0 Å². The smallest absolute Gasteiger partial charge is 0.358 e. The molecule has 16 heavy (non-hydrogen) atoms. The van der Waals surface area contributed by atoms with Crippen molar-refractivity contribution >= 4 is 21.9 Å². The standard InChI is InChI=1S/C11H8BrNO3/c1-6-9(11(14)15)13-10(16-6)7-4-2-3-5-8(7)12/h2-5H,1H3,(H,14,15). The fraction of sp³-hybridized carbons (Fsp3) is 0.0909. The highest BCUT2D eigenvalue weighted by Gasteiger charge is 2.17. The largest absolute Gasteiger partial charge is 0.476 e. The summed E-state index contributed by atoms with van der Waals surface area (Å²) in [5.41, 5.74) is 0.684. The molecule has 0 aliphatic carbocycles. The molecule has 4 nitrogen and oxygen atoms in total. The van der Waals surface area contributed by atoms with E-state index >= 15 is 0 Å². The van der Waals surface area contributed by atoms with E-state index in [0.717, 1.165) is 10.0 Å². The summed E-state index contributed by atoms with van der Waals surface area (Å²) in [6.45, 7) is 1.58. The minimum absolute atomic E-state index is 0.0502. The Morgan fingerprint density at radius 2 is 2.12 bits per heavy atom. The highest BCUT2D eigenvalue weighted by Crippen LogP contribution is 2.28. The zero-order valence-electron chi connectivity index (χ0n) is 8.40. The van der Waals surface area contributed by atoms with Gasteiger partial charge in [-0.1, -0.05) is 12.1 Å². The molecular formula is C11H8BrNO3. The van der Waals surface area contributed by atoms with Crippen LogP contribution in [0.2, 0.25) is 0 Å². The number of oxazole rings is 1. The van der Waals surface area contributed by atoms with Crippen molar-refractivity contribution < 1.29 is 14.3 Å². The Hall–Kier alpha value is -1.62. The van der Waals surface area contributed by atoms with Gasteiger partial charge >= 0.3 is 5.97 Å². The van der Waals surface area contributed by atoms with E-state index in [0.29, 0.717) is 11.7 Å². The first-order valence-corrected chi connectivity index (χ1v) is 5.34. The molecule has 0 saturated carbocycles. The van der Waals surface area contributed by atoms with Crippen molar-refractivity contribution in [2.45, 2.75) is 6.92 Å². The van der Waals surface area contributed by atoms with Gasteiger partial charge in [0.25, 0.3) is 0 Å². The van der Waals surface area contributed by atoms with Crippen LogP contribution in [0, 0.1) is 6.92 Å². The fourth-order valence-electron chi connectivity index (χ4n) is 1.34. The number of hydrogen-bond donors (Lipinski definition) is 1. The van der Waals surface area contributed by atoms with E-state index < -0.39 is 5.97 Å². The van der Waals surface area contributed by atoms with Crippen molar-refractivity contribution in [2.24, 2.45) is 0 Å². The highest BCUT2D eigenvalue weighted by molar-refractivity contribution is 9.10. The molecule has 82 valence electrons. The Kier molecular flexibility index (Phi) is 2.78. The van der Waals surface area contributed by atoms with Gasteiger partial charge in [-0.25, -0.2) is 9.78 Å². The van der Waals surface area contributed by atoms with Crippen LogP contribution in [0.25, 0.3) is 11.5 Å². The molecule has 0 aliphatic rings. The van der Waals surface area contributed by atoms with Crippen LogP contribution in [0.3, 0.4) is 0 Å². The number of benzene rings is 1. The monoisotopic (exact) mass is 281 g/mol. The summed E-state index contributed by atoms with van der Waals surface area (Å²) in [7, 11) is 0. The van der Waals surface area contributed by atoms with E-state index in [9.17, 15) is 4.79 Å². The Morgan fingerprint density at radius 3 is 2.69 bits per heavy atom. The zero-order valence-corrected chi connectivity index (χ0v) is 9.98. The molecule has 0 amide bonds. The van der Waals surface area contributed by atoms with Crippen LogP contribution in [0.1, 0.15) is 16.2 Å². The third kappa shape index (κ3) is 1.86. The predicted molar refractivity (Wildman–Crippen MR) is 61.3 cm³/mol. The molecule has 1 heterocycles. The molecule has 2 aromatic rings. The molecule has 0 bridgehead atoms. The molecule has 1 aromatic carbocycles. The second kappa shape index (κ2) is 4.09. The first-order valence-electron chi connectivity index (χ1n) is 4.55. The number of nitrogens with zero attached hydrogens (tertiary/aromatic N) is 1. The Labute approximate surface area is 100 Å². The van der Waals surface area contributed by atoms with Crippen LogP contribution in [0.5, 0.6) is 0 Å². The molecule has 0 fully saturated rings. The van der Waals surface area contributed by atoms with Crippen molar-refractivity contribution in [2.75, 3.05) is 0 Å². The molecule has 0 aliphatic heterocycles. The quantitative estimate of drug-likeness (QED) is 0.919. The molecule has 1 aromatic heterocycles. The Morgan fingerprint density at radius 1 is 1.44 bits per heavy atom. The lowest BCUT2D eigenvalue weighted by molar-refractivity contribution is 0.0689. The molecule has 0 radical (unpaired) electrons. The van der Waals surface area contributed by atoms with Gasteiger partial charge in [-0.3, -0.25) is 0 Å². The summed E-state index contributed by atoms with van der Waals surface area (Å²) in [6, 6.07) is 7.35. The number of aromatic nitrogens is 1. The first kappa shape index (κ1) is 10.9. The lowest BCUT2D eigenvalue weighted by Gasteiger charge is -1.97. The average molecular weight is 282 g/mol. The number of hydrogen-bond acceptors (Lipinski definition) is 3. The number of carboxylic acid groups (broad SMARTS) is 1. The van der Waals surface area contributed by atoms with Gasteiger partial charge in [-0.05, 0) is 35.0 Å². The van der Waals surface area contributed by atoms with Crippen LogP contribution in [0.15, 0.2) is 33.2 Å². The number of aromatic carboxylic acids is 1. The topological polar surface area (TPSA) is 63.3 Å². The SMILES string of the molecule is Cc1oc(-c2ccccc2Br)nc1C(=O)O. The number of halogens is 1. The maximum Gasteiger partial charge on any atom is 0.358 e. The molecule has 1 N–H and O–H groups in total. The van der Waals surface area contributed by atoms with Crippen molar-refractivity contribution in [1.82, 2.24) is 4.98 Å². The minimum atomic E-state index is -1.08. The third-order valence-electron chi connectivity index (χ3n) is 2.10. The summed E-state index contributed by atoms with van der Waals surface area (Å²) < 4.78 is 6.13. The Balaban J connectivity index is 2.54. The van der Waals surface area contributed by atoms with Gasteiger partial charge in [0.15, 0.2) is 5.69 Å². The maximum atomic E-state index is 10.8. The normalized spacial score (nSPS) is 10.4. The van der Waals surface area contributed by atoms with Crippen molar-refractivity contribution in [3.63, 3.8) is 0 Å². The van der Waals surface area contributed by atoms with E-state index in [-0.39, 0.29) is 5.69 Å². The van der Waals surface area contributed by atoms with E-state index in [1.54, 1.807) is 13.0 Å². The number of aryl methyl sites for hydroxylation is 1. The second-order valence-corrected chi connectivity index (χ2v) is 4.06. The lowest BCUT2D eigenvalue weighted by atomic mass is 10.2. The van der Waals surface area contributed by atoms with Crippen LogP contribution in [-0.4, -0.2) is 16.1 Å². The van der Waals surface area contributed by atoms with Gasteiger partial charge in [-0.2, -0.15) is 0 Å². The molecule has 0 unspecified atom stereocenters. The van der Waals surface area contributed by atoms with Gasteiger partial charge in [0, 0.05) is 4.47 Å². The predicted octanol–water partition coefficient (Wildman–Crippen LogP) is 3.11. The first-order chi connectivity index (χ1) is 7.59. The molecule has 0 spiro atoms. The lowest BCUT2D eigenvalue weighted by Crippen LogP contribution is -1.98. The van der Waals surface area contributed by atoms with Crippen molar-refractivity contribution in [3.05, 3.63) is 40.2 Å². The van der Waals surface area contributed by atoms with Gasteiger partial charge in [0.05, 0.1) is 5.56 Å². The van der Waals surface area contributed by atoms with Crippen LogP contribution >= 0.6 is 15.9 Å². The summed E-state index contributed by atoms with van der Waals surface area (Å²) in [6.07, 6.45) is 0. The van der Waals surface area contributed by atoms with E-state index in [1.807, 2.05) is 18.2 Å². The van der Waals surface area contributed by atoms with Crippen LogP contribution < -0.4 is 0 Å². The highest BCUT2D eigenvalue weighted by atomic mass is 79.9. The third-order valence-corrected chi connectivity index (χ3v) is 2.79. The summed E-state index contributed by atoms with van der Waals surface area (Å²) in [5, 5.41) is 8.86. The molecular weight excluding hydrogens is 274 g/mol. The summed E-state index contributed by atoms with van der Waals surface area (Å²) >= 11 is 3.36. The maximum absolute atomic E-state index is 10.8. The van der Waals surface area contributed by atoms with Crippen LogP contribution in [0.4, 0.5) is 0 Å². The number of rotatable bonds is 2. The second-order valence-electron chi connectivity index (χ2n) is 3.21. The van der Waals surface area contributed by atoms with E-state index in [1.165, 1.54) is 0 Å². The van der Waals surface area contributed by atoms with Crippen molar-refractivity contribution in [3.8, 4) is 11.5 Å². The van der Waals surface area contributed by atoms with Gasteiger partial charge in [-0.15, -0.1) is 0 Å². The zero-order chi connectivity index (χ0) is 11.7. The van der Waals surface area contributed by atoms with E-state index in [2.05, 4.69) is 20.9 Å². The number of carboxylic acids is 1. The average Bonchev–Trinajstić information content (AvgIpc) is 2.61.